The Balaban J connectivity index is 1.25. The first-order chi connectivity index (χ1) is 23.7. The van der Waals surface area contributed by atoms with Crippen LogP contribution in [0.4, 0.5) is 0 Å². The number of fused-ring (bicyclic) bond motifs is 4. The third-order valence-electron chi connectivity index (χ3n) is 11.4. The molecule has 3 aliphatic rings. The van der Waals surface area contributed by atoms with Crippen LogP contribution in [0.25, 0.3) is 0 Å². The highest BCUT2D eigenvalue weighted by Crippen LogP contribution is 2.47. The first-order valence-electron chi connectivity index (χ1n) is 21.4. The van der Waals surface area contributed by atoms with E-state index < -0.39 is 0 Å². The quantitative estimate of drug-likeness (QED) is 0.0563. The molecule has 3 nitrogen and oxygen atoms in total. The van der Waals surface area contributed by atoms with E-state index in [1.165, 1.54) is 161 Å². The lowest BCUT2D eigenvalue weighted by Gasteiger charge is -2.37. The number of nitrogens with zero attached hydrogens (tertiary/aromatic N) is 1. The summed E-state index contributed by atoms with van der Waals surface area (Å²) < 4.78 is 14.0. The fourth-order valence-electron chi connectivity index (χ4n) is 8.32. The Labute approximate surface area is 299 Å². The molecule has 3 saturated heterocycles. The van der Waals surface area contributed by atoms with Crippen molar-refractivity contribution < 1.29 is 9.47 Å². The van der Waals surface area contributed by atoms with Crippen LogP contribution in [0.3, 0.4) is 0 Å². The second-order valence-corrected chi connectivity index (χ2v) is 15.5. The molecule has 4 atom stereocenters. The van der Waals surface area contributed by atoms with Gasteiger partial charge in [0.05, 0.1) is 6.10 Å². The van der Waals surface area contributed by atoms with Gasteiger partial charge in [-0.05, 0) is 103 Å². The van der Waals surface area contributed by atoms with E-state index in [9.17, 15) is 0 Å². The molecule has 3 heteroatoms. The molecule has 3 rings (SSSR count). The van der Waals surface area contributed by atoms with Crippen molar-refractivity contribution in [3.05, 3.63) is 48.6 Å². The molecule has 0 N–H and O–H groups in total. The summed E-state index contributed by atoms with van der Waals surface area (Å²) in [7, 11) is 2.33. The largest absolute Gasteiger partial charge is 0.344 e. The van der Waals surface area contributed by atoms with Gasteiger partial charge in [-0.1, -0.05) is 140 Å². The lowest BCUT2D eigenvalue weighted by atomic mass is 9.98. The molecule has 0 aliphatic carbocycles. The van der Waals surface area contributed by atoms with Crippen molar-refractivity contribution in [2.24, 2.45) is 0 Å². The lowest BCUT2D eigenvalue weighted by molar-refractivity contribution is -0.188. The summed E-state index contributed by atoms with van der Waals surface area (Å²) in [4.78, 5) is 2.61. The predicted octanol–water partition coefficient (Wildman–Crippen LogP) is 13.7. The monoisotopic (exact) mass is 666 g/mol. The van der Waals surface area contributed by atoms with Crippen LogP contribution in [0.1, 0.15) is 200 Å². The van der Waals surface area contributed by atoms with E-state index in [4.69, 9.17) is 9.47 Å². The number of hydrogen-bond donors (Lipinski definition) is 0. The molecule has 3 aliphatic heterocycles. The highest BCUT2D eigenvalue weighted by molar-refractivity contribution is 5.04. The van der Waals surface area contributed by atoms with Crippen molar-refractivity contribution in [3.63, 3.8) is 0 Å². The molecule has 0 spiro atoms. The zero-order valence-electron chi connectivity index (χ0n) is 32.2. The van der Waals surface area contributed by atoms with Gasteiger partial charge in [0, 0.05) is 24.9 Å². The Kier molecular flexibility index (Phi) is 22.9. The molecule has 0 radical (unpaired) electrons. The number of allylic oxidation sites excluding steroid dienone is 8. The summed E-state index contributed by atoms with van der Waals surface area (Å²) in [5.74, 6) is -0.314. The summed E-state index contributed by atoms with van der Waals surface area (Å²) in [5, 5.41) is 0. The van der Waals surface area contributed by atoms with Gasteiger partial charge < -0.3 is 9.47 Å². The maximum absolute atomic E-state index is 7.01. The highest BCUT2D eigenvalue weighted by atomic mass is 16.8. The fraction of sp³-hybridized carbons (Fsp3) is 0.822. The Hall–Kier alpha value is -1.16. The van der Waals surface area contributed by atoms with Crippen molar-refractivity contribution in [2.45, 2.75) is 230 Å². The van der Waals surface area contributed by atoms with Gasteiger partial charge in [0.25, 0.3) is 0 Å². The molecule has 0 amide bonds. The Bertz CT molecular complexity index is 841. The van der Waals surface area contributed by atoms with Crippen molar-refractivity contribution in [1.29, 1.82) is 0 Å². The van der Waals surface area contributed by atoms with E-state index in [0.717, 1.165) is 25.7 Å². The topological polar surface area (TPSA) is 21.7 Å². The molecule has 0 unspecified atom stereocenters. The van der Waals surface area contributed by atoms with Gasteiger partial charge in [0.2, 0.25) is 0 Å². The second-order valence-electron chi connectivity index (χ2n) is 15.5. The van der Waals surface area contributed by atoms with Crippen LogP contribution in [-0.2, 0) is 9.47 Å². The highest BCUT2D eigenvalue weighted by Gasteiger charge is 2.56. The molecule has 0 saturated carbocycles. The molecular weight excluding hydrogens is 587 g/mol. The first-order valence-corrected chi connectivity index (χ1v) is 21.4. The van der Waals surface area contributed by atoms with Crippen LogP contribution in [0.2, 0.25) is 0 Å². The summed E-state index contributed by atoms with van der Waals surface area (Å²) in [6.45, 7) is 4.55. The van der Waals surface area contributed by atoms with Crippen LogP contribution in [0.5, 0.6) is 0 Å². The van der Waals surface area contributed by atoms with Crippen molar-refractivity contribution in [3.8, 4) is 0 Å². The van der Waals surface area contributed by atoms with E-state index in [1.54, 1.807) is 0 Å². The van der Waals surface area contributed by atoms with Crippen molar-refractivity contribution >= 4 is 0 Å². The standard InChI is InChI=1S/C45H79NO2/c1-4-6-8-10-12-14-16-18-20-22-24-26-28-30-32-34-38-45(47-43-40-41-36-37-42(46(41)3)44(43)48-45)39-35-33-31-29-27-25-23-21-19-17-15-13-11-9-7-5-2/h12-15,18-21,41-44H,4-11,16-17,22-40H2,1-3H3/b14-12-,15-13-,20-18-,21-19-/t41-,42+,43-,44+/m1/s1. The number of unbranched alkanes of at least 4 members (excludes halogenated alkanes) is 18. The average Bonchev–Trinajstić information content (AvgIpc) is 3.58. The van der Waals surface area contributed by atoms with E-state index in [0.29, 0.717) is 24.3 Å². The molecular formula is C45H79NO2. The minimum atomic E-state index is -0.314. The minimum absolute atomic E-state index is 0.294. The molecule has 48 heavy (non-hydrogen) atoms. The summed E-state index contributed by atoms with van der Waals surface area (Å²) >= 11 is 0. The van der Waals surface area contributed by atoms with E-state index in [2.05, 4.69) is 74.4 Å². The molecule has 0 aromatic carbocycles. The number of rotatable bonds is 30. The zero-order chi connectivity index (χ0) is 34.0. The van der Waals surface area contributed by atoms with Gasteiger partial charge in [-0.25, -0.2) is 0 Å². The molecule has 2 bridgehead atoms. The number of ether oxygens (including phenoxy) is 2. The smallest absolute Gasteiger partial charge is 0.169 e. The van der Waals surface area contributed by atoms with Gasteiger partial charge in [0.1, 0.15) is 6.10 Å². The zero-order valence-corrected chi connectivity index (χ0v) is 32.2. The molecule has 3 fully saturated rings. The molecule has 3 heterocycles. The fourth-order valence-corrected chi connectivity index (χ4v) is 8.32. The third kappa shape index (κ3) is 16.7. The Morgan fingerprint density at radius 2 is 0.958 bits per heavy atom. The van der Waals surface area contributed by atoms with Crippen molar-refractivity contribution in [1.82, 2.24) is 4.90 Å². The maximum Gasteiger partial charge on any atom is 0.169 e. The third-order valence-corrected chi connectivity index (χ3v) is 11.4. The summed E-state index contributed by atoms with van der Waals surface area (Å²) in [5.41, 5.74) is 0. The normalized spacial score (nSPS) is 24.0. The van der Waals surface area contributed by atoms with Gasteiger partial charge >= 0.3 is 0 Å². The molecule has 0 aromatic rings. The Morgan fingerprint density at radius 3 is 1.44 bits per heavy atom. The van der Waals surface area contributed by atoms with Crippen LogP contribution in [0, 0.1) is 0 Å². The minimum Gasteiger partial charge on any atom is -0.344 e. The number of likely N-dealkylation sites (N-methyl/N-ethyl adjacent to an activating group) is 1. The number of piperidine rings is 1. The summed E-state index contributed by atoms with van der Waals surface area (Å²) in [6, 6.07) is 1.28. The lowest BCUT2D eigenvalue weighted by Crippen LogP contribution is -2.51. The van der Waals surface area contributed by atoms with E-state index in [-0.39, 0.29) is 5.79 Å². The molecule has 276 valence electrons. The SMILES string of the molecule is CCCCC/C=C\C/C=C\CCCCCCCCC1(CCCCCCCC/C=C\C/C=C\CCCCC)O[C@@H]2[C@@H](C[C@H]3CC[C@@H]2N3C)O1. The van der Waals surface area contributed by atoms with Gasteiger partial charge in [-0.15, -0.1) is 0 Å². The van der Waals surface area contributed by atoms with Crippen LogP contribution in [-0.4, -0.2) is 42.0 Å². The van der Waals surface area contributed by atoms with E-state index >= 15 is 0 Å². The second kappa shape index (κ2) is 26.6. The van der Waals surface area contributed by atoms with Crippen LogP contribution in [0.15, 0.2) is 48.6 Å². The maximum atomic E-state index is 7.01. The van der Waals surface area contributed by atoms with Crippen molar-refractivity contribution in [2.75, 3.05) is 7.05 Å². The van der Waals surface area contributed by atoms with Gasteiger partial charge in [0.15, 0.2) is 5.79 Å². The summed E-state index contributed by atoms with van der Waals surface area (Å²) in [6.07, 6.45) is 56.7. The first kappa shape index (κ1) is 41.3. The van der Waals surface area contributed by atoms with E-state index in [1.807, 2.05) is 0 Å². The predicted molar refractivity (Wildman–Crippen MR) is 210 cm³/mol. The molecule has 0 aromatic heterocycles. The number of hydrogen-bond acceptors (Lipinski definition) is 3. The Morgan fingerprint density at radius 1 is 0.521 bits per heavy atom. The van der Waals surface area contributed by atoms with Crippen LogP contribution >= 0.6 is 0 Å². The van der Waals surface area contributed by atoms with Crippen LogP contribution < -0.4 is 0 Å². The average molecular weight is 666 g/mol. The van der Waals surface area contributed by atoms with Gasteiger partial charge in [-0.2, -0.15) is 0 Å². The van der Waals surface area contributed by atoms with Gasteiger partial charge in [-0.3, -0.25) is 4.90 Å².